The van der Waals surface area contributed by atoms with Gasteiger partial charge in [-0.25, -0.2) is 4.79 Å². The van der Waals surface area contributed by atoms with Gasteiger partial charge in [-0.2, -0.15) is 0 Å². The third-order valence-corrected chi connectivity index (χ3v) is 3.85. The fraction of sp³-hybridized carbons (Fsp3) is 0.158. The van der Waals surface area contributed by atoms with Crippen LogP contribution in [0.4, 0.5) is 5.69 Å². The van der Waals surface area contributed by atoms with Crippen LogP contribution in [0.15, 0.2) is 52.9 Å². The summed E-state index contributed by atoms with van der Waals surface area (Å²) in [5, 5.41) is 3.94. The molecule has 25 heavy (non-hydrogen) atoms. The molecule has 0 fully saturated rings. The summed E-state index contributed by atoms with van der Waals surface area (Å²) in [6.45, 7) is 3.43. The number of benzene rings is 2. The molecular formula is C19H16ClNO4. The molecule has 0 aliphatic heterocycles. The Morgan fingerprint density at radius 2 is 1.96 bits per heavy atom. The van der Waals surface area contributed by atoms with Gasteiger partial charge < -0.3 is 14.5 Å². The number of aryl methyl sites for hydroxylation is 1. The van der Waals surface area contributed by atoms with Crippen molar-refractivity contribution >= 4 is 40.1 Å². The second kappa shape index (κ2) is 6.99. The number of esters is 1. The van der Waals surface area contributed by atoms with Crippen LogP contribution in [-0.2, 0) is 9.53 Å². The number of carbonyl (C=O) groups is 2. The zero-order chi connectivity index (χ0) is 18.0. The van der Waals surface area contributed by atoms with Crippen molar-refractivity contribution in [1.29, 1.82) is 0 Å². The summed E-state index contributed by atoms with van der Waals surface area (Å²) in [5.41, 5.74) is 2.18. The van der Waals surface area contributed by atoms with Gasteiger partial charge in [0.25, 0.3) is 5.91 Å². The number of hydrogen-bond acceptors (Lipinski definition) is 4. The number of carbonyl (C=O) groups excluding carboxylic acids is 2. The van der Waals surface area contributed by atoms with Crippen LogP contribution in [0.2, 0.25) is 5.02 Å². The fourth-order valence-electron chi connectivity index (χ4n) is 2.35. The zero-order valence-corrected chi connectivity index (χ0v) is 14.5. The van der Waals surface area contributed by atoms with Gasteiger partial charge in [-0.05, 0) is 55.8 Å². The lowest BCUT2D eigenvalue weighted by atomic mass is 10.2. The molecule has 0 aliphatic carbocycles. The highest BCUT2D eigenvalue weighted by molar-refractivity contribution is 6.31. The molecular weight excluding hydrogens is 342 g/mol. The van der Waals surface area contributed by atoms with Crippen LogP contribution in [0.3, 0.4) is 0 Å². The molecule has 1 heterocycles. The van der Waals surface area contributed by atoms with Gasteiger partial charge in [0.2, 0.25) is 5.76 Å². The molecule has 0 spiro atoms. The monoisotopic (exact) mass is 357 g/mol. The first-order chi connectivity index (χ1) is 11.9. The van der Waals surface area contributed by atoms with Gasteiger partial charge in [-0.1, -0.05) is 23.7 Å². The molecule has 0 saturated heterocycles. The molecule has 3 aromatic rings. The number of anilines is 1. The maximum atomic E-state index is 12.2. The summed E-state index contributed by atoms with van der Waals surface area (Å²) in [7, 11) is 0. The maximum Gasteiger partial charge on any atom is 0.375 e. The Kier molecular flexibility index (Phi) is 4.76. The van der Waals surface area contributed by atoms with E-state index in [4.69, 9.17) is 20.8 Å². The van der Waals surface area contributed by atoms with E-state index in [9.17, 15) is 9.59 Å². The van der Waals surface area contributed by atoms with Crippen LogP contribution < -0.4 is 5.32 Å². The van der Waals surface area contributed by atoms with E-state index in [0.29, 0.717) is 21.7 Å². The van der Waals surface area contributed by atoms with Crippen LogP contribution in [-0.4, -0.2) is 18.0 Å². The summed E-state index contributed by atoms with van der Waals surface area (Å²) < 4.78 is 10.6. The van der Waals surface area contributed by atoms with E-state index < -0.39 is 18.0 Å². The Morgan fingerprint density at radius 3 is 2.72 bits per heavy atom. The number of fused-ring (bicyclic) bond motifs is 1. The first-order valence-electron chi connectivity index (χ1n) is 7.70. The molecule has 0 radical (unpaired) electrons. The largest absolute Gasteiger partial charge is 0.449 e. The summed E-state index contributed by atoms with van der Waals surface area (Å²) >= 11 is 5.91. The number of rotatable bonds is 4. The lowest BCUT2D eigenvalue weighted by molar-refractivity contribution is -0.123. The third kappa shape index (κ3) is 4.00. The van der Waals surface area contributed by atoms with Crippen molar-refractivity contribution in [2.45, 2.75) is 20.0 Å². The molecule has 5 nitrogen and oxygen atoms in total. The minimum atomic E-state index is -0.968. The van der Waals surface area contributed by atoms with Crippen molar-refractivity contribution in [3.05, 3.63) is 64.9 Å². The van der Waals surface area contributed by atoms with Crippen molar-refractivity contribution in [2.24, 2.45) is 0 Å². The van der Waals surface area contributed by atoms with Gasteiger partial charge in [0.15, 0.2) is 6.10 Å². The van der Waals surface area contributed by atoms with Crippen molar-refractivity contribution < 1.29 is 18.7 Å². The number of ether oxygens (including phenoxy) is 1. The van der Waals surface area contributed by atoms with E-state index in [1.54, 1.807) is 24.3 Å². The summed E-state index contributed by atoms with van der Waals surface area (Å²) in [5.74, 6) is -1.11. The first kappa shape index (κ1) is 17.0. The summed E-state index contributed by atoms with van der Waals surface area (Å²) in [6, 6.07) is 13.9. The van der Waals surface area contributed by atoms with Gasteiger partial charge in [0.1, 0.15) is 5.58 Å². The highest BCUT2D eigenvalue weighted by atomic mass is 35.5. The van der Waals surface area contributed by atoms with Crippen LogP contribution in [0.1, 0.15) is 23.0 Å². The average molecular weight is 358 g/mol. The molecule has 0 saturated carbocycles. The van der Waals surface area contributed by atoms with Gasteiger partial charge in [-0.3, -0.25) is 4.79 Å². The number of hydrogen-bond donors (Lipinski definition) is 1. The van der Waals surface area contributed by atoms with Gasteiger partial charge in [0, 0.05) is 16.1 Å². The minimum absolute atomic E-state index is 0.0208. The zero-order valence-electron chi connectivity index (χ0n) is 13.7. The van der Waals surface area contributed by atoms with E-state index in [1.807, 2.05) is 25.1 Å². The number of furan rings is 1. The van der Waals surface area contributed by atoms with Crippen molar-refractivity contribution in [2.75, 3.05) is 5.32 Å². The molecule has 1 amide bonds. The normalized spacial score (nSPS) is 12.0. The topological polar surface area (TPSA) is 68.5 Å². The number of nitrogens with one attached hydrogen (secondary N) is 1. The van der Waals surface area contributed by atoms with E-state index in [1.165, 1.54) is 13.0 Å². The Bertz CT molecular complexity index is 948. The quantitative estimate of drug-likeness (QED) is 0.694. The Labute approximate surface area is 149 Å². The molecule has 128 valence electrons. The van der Waals surface area contributed by atoms with E-state index in [2.05, 4.69) is 5.32 Å². The molecule has 6 heteroatoms. The predicted molar refractivity (Wildman–Crippen MR) is 95.9 cm³/mol. The molecule has 3 rings (SSSR count). The Morgan fingerprint density at radius 1 is 1.16 bits per heavy atom. The molecule has 1 aromatic heterocycles. The third-order valence-electron chi connectivity index (χ3n) is 3.62. The summed E-state index contributed by atoms with van der Waals surface area (Å²) in [6.07, 6.45) is -0.968. The molecule has 1 atom stereocenters. The lowest BCUT2D eigenvalue weighted by Gasteiger charge is -2.13. The molecule has 1 N–H and O–H groups in total. The number of halogens is 1. The smallest absolute Gasteiger partial charge is 0.375 e. The van der Waals surface area contributed by atoms with Crippen molar-refractivity contribution in [3.8, 4) is 0 Å². The van der Waals surface area contributed by atoms with E-state index >= 15 is 0 Å². The average Bonchev–Trinajstić information content (AvgIpc) is 2.98. The second-order valence-electron chi connectivity index (χ2n) is 5.70. The van der Waals surface area contributed by atoms with Crippen LogP contribution in [0, 0.1) is 6.92 Å². The van der Waals surface area contributed by atoms with E-state index in [0.717, 1.165) is 5.56 Å². The predicted octanol–water partition coefficient (Wildman–Crippen LogP) is 4.58. The fourth-order valence-corrected chi connectivity index (χ4v) is 2.53. The molecule has 0 bridgehead atoms. The molecule has 0 unspecified atom stereocenters. The molecule has 0 aliphatic rings. The van der Waals surface area contributed by atoms with Crippen molar-refractivity contribution in [3.63, 3.8) is 0 Å². The van der Waals surface area contributed by atoms with Gasteiger partial charge in [-0.15, -0.1) is 0 Å². The van der Waals surface area contributed by atoms with Gasteiger partial charge in [0.05, 0.1) is 0 Å². The van der Waals surface area contributed by atoms with Crippen LogP contribution in [0.5, 0.6) is 0 Å². The maximum absolute atomic E-state index is 12.2. The second-order valence-corrected chi connectivity index (χ2v) is 6.14. The Balaban J connectivity index is 1.67. The van der Waals surface area contributed by atoms with Crippen molar-refractivity contribution in [1.82, 2.24) is 0 Å². The highest BCUT2D eigenvalue weighted by Gasteiger charge is 2.21. The van der Waals surface area contributed by atoms with Gasteiger partial charge >= 0.3 is 5.97 Å². The summed E-state index contributed by atoms with van der Waals surface area (Å²) in [4.78, 5) is 24.4. The first-order valence-corrected chi connectivity index (χ1v) is 8.08. The lowest BCUT2D eigenvalue weighted by Crippen LogP contribution is -2.29. The van der Waals surface area contributed by atoms with Crippen LogP contribution in [0.25, 0.3) is 11.0 Å². The Hall–Kier alpha value is -2.79. The SMILES string of the molecule is Cc1cccc(NC(=O)[C@H](C)OC(=O)c2cc3cc(Cl)ccc3o2)c1. The highest BCUT2D eigenvalue weighted by Crippen LogP contribution is 2.23. The molecule has 2 aromatic carbocycles. The number of amides is 1. The minimum Gasteiger partial charge on any atom is -0.449 e. The van der Waals surface area contributed by atoms with Crippen LogP contribution >= 0.6 is 11.6 Å². The van der Waals surface area contributed by atoms with E-state index in [-0.39, 0.29) is 5.76 Å². The standard InChI is InChI=1S/C19H16ClNO4/c1-11-4-3-5-15(8-11)21-18(22)12(2)24-19(23)17-10-13-9-14(20)6-7-16(13)25-17/h3-10,12H,1-2H3,(H,21,22)/t12-/m0/s1.